The zero-order valence-corrected chi connectivity index (χ0v) is 44.1. The first-order valence-electron chi connectivity index (χ1n) is 29.7. The lowest BCUT2D eigenvalue weighted by atomic mass is 10.0. The number of carbonyl (C=O) groups is 1. The van der Waals surface area contributed by atoms with E-state index in [1.807, 2.05) is 6.08 Å². The number of amides is 1. The molecule has 0 aliphatic rings. The summed E-state index contributed by atoms with van der Waals surface area (Å²) < 4.78 is 0. The number of allylic oxidation sites excluding steroid dienone is 3. The number of carbonyl (C=O) groups excluding carboxylic acids is 1. The van der Waals surface area contributed by atoms with Crippen LogP contribution in [0.2, 0.25) is 0 Å². The monoisotopic (exact) mass is 916 g/mol. The molecule has 65 heavy (non-hydrogen) atoms. The zero-order chi connectivity index (χ0) is 47.2. The highest BCUT2D eigenvalue weighted by Crippen LogP contribution is 2.18. The fourth-order valence-corrected chi connectivity index (χ4v) is 9.44. The lowest BCUT2D eigenvalue weighted by Crippen LogP contribution is -2.48. The van der Waals surface area contributed by atoms with Gasteiger partial charge in [-0.25, -0.2) is 0 Å². The zero-order valence-electron chi connectivity index (χ0n) is 44.1. The van der Waals surface area contributed by atoms with Crippen molar-refractivity contribution in [2.75, 3.05) is 6.61 Å². The van der Waals surface area contributed by atoms with Crippen molar-refractivity contribution in [1.29, 1.82) is 0 Å². The minimum Gasteiger partial charge on any atom is -0.394 e. The molecule has 0 aliphatic carbocycles. The van der Waals surface area contributed by atoms with Gasteiger partial charge in [0, 0.05) is 0 Å². The topological polar surface area (TPSA) is 89.8 Å². The van der Waals surface area contributed by atoms with Gasteiger partial charge in [-0.1, -0.05) is 321 Å². The minimum atomic E-state index is -1.10. The third-order valence-corrected chi connectivity index (χ3v) is 14.0. The Morgan fingerprint density at radius 2 is 0.631 bits per heavy atom. The van der Waals surface area contributed by atoms with Crippen molar-refractivity contribution < 1.29 is 20.1 Å². The van der Waals surface area contributed by atoms with Crippen LogP contribution in [0, 0.1) is 0 Å². The Morgan fingerprint density at radius 1 is 0.369 bits per heavy atom. The molecule has 0 rings (SSSR count). The molecule has 1 amide bonds. The van der Waals surface area contributed by atoms with Gasteiger partial charge in [-0.2, -0.15) is 0 Å². The lowest BCUT2D eigenvalue weighted by molar-refractivity contribution is -0.131. The predicted octanol–water partition coefficient (Wildman–Crippen LogP) is 18.5. The van der Waals surface area contributed by atoms with E-state index in [9.17, 15) is 20.1 Å². The van der Waals surface area contributed by atoms with E-state index >= 15 is 0 Å². The SMILES string of the molecule is CCCCCCCCCCCCCCCCCC/C=C/CC/C=C/C(O)C(CO)NC(=O)C(O)CCCCCCCCCCCCCCCCCCCCCCCCCCCCCCC. The Hall–Kier alpha value is -1.17. The van der Waals surface area contributed by atoms with E-state index in [2.05, 4.69) is 31.3 Å². The summed E-state index contributed by atoms with van der Waals surface area (Å²) in [6, 6.07) is -0.813. The molecule has 4 N–H and O–H groups in total. The quantitative estimate of drug-likeness (QED) is 0.0361. The van der Waals surface area contributed by atoms with Crippen molar-refractivity contribution in [2.24, 2.45) is 0 Å². The maximum absolute atomic E-state index is 12.6. The van der Waals surface area contributed by atoms with Gasteiger partial charge in [0.05, 0.1) is 18.8 Å². The first-order valence-corrected chi connectivity index (χ1v) is 29.7. The highest BCUT2D eigenvalue weighted by molar-refractivity contribution is 5.80. The molecule has 5 nitrogen and oxygen atoms in total. The molecule has 0 saturated heterocycles. The van der Waals surface area contributed by atoms with Crippen molar-refractivity contribution in [3.8, 4) is 0 Å². The van der Waals surface area contributed by atoms with Gasteiger partial charge in [-0.15, -0.1) is 0 Å². The molecule has 386 valence electrons. The van der Waals surface area contributed by atoms with Gasteiger partial charge in [-0.3, -0.25) is 4.79 Å². The molecule has 0 heterocycles. The minimum absolute atomic E-state index is 0.372. The van der Waals surface area contributed by atoms with Gasteiger partial charge in [0.1, 0.15) is 6.10 Å². The van der Waals surface area contributed by atoms with E-state index in [1.165, 1.54) is 270 Å². The predicted molar refractivity (Wildman–Crippen MR) is 287 cm³/mol. The Morgan fingerprint density at radius 3 is 0.938 bits per heavy atom. The van der Waals surface area contributed by atoms with Crippen LogP contribution in [0.3, 0.4) is 0 Å². The van der Waals surface area contributed by atoms with E-state index in [4.69, 9.17) is 0 Å². The fourth-order valence-electron chi connectivity index (χ4n) is 9.44. The number of nitrogens with one attached hydrogen (secondary N) is 1. The molecule has 0 aromatic heterocycles. The normalized spacial score (nSPS) is 13.4. The third kappa shape index (κ3) is 50.5. The molecule has 0 radical (unpaired) electrons. The first-order chi connectivity index (χ1) is 32.1. The van der Waals surface area contributed by atoms with Gasteiger partial charge >= 0.3 is 0 Å². The summed E-state index contributed by atoms with van der Waals surface area (Å²) in [5.74, 6) is -0.506. The summed E-state index contributed by atoms with van der Waals surface area (Å²) in [4.78, 5) is 12.6. The maximum Gasteiger partial charge on any atom is 0.249 e. The molecule has 0 aliphatic heterocycles. The van der Waals surface area contributed by atoms with Crippen molar-refractivity contribution in [1.82, 2.24) is 5.32 Å². The average Bonchev–Trinajstić information content (AvgIpc) is 3.31. The smallest absolute Gasteiger partial charge is 0.249 e. The van der Waals surface area contributed by atoms with E-state index < -0.39 is 24.2 Å². The van der Waals surface area contributed by atoms with Gasteiger partial charge < -0.3 is 20.6 Å². The van der Waals surface area contributed by atoms with Gasteiger partial charge in [0.2, 0.25) is 5.91 Å². The van der Waals surface area contributed by atoms with E-state index in [0.717, 1.165) is 38.5 Å². The van der Waals surface area contributed by atoms with Crippen molar-refractivity contribution in [3.63, 3.8) is 0 Å². The molecule has 5 heteroatoms. The van der Waals surface area contributed by atoms with Crippen LogP contribution in [0.4, 0.5) is 0 Å². The molecule has 0 saturated carbocycles. The van der Waals surface area contributed by atoms with E-state index in [1.54, 1.807) is 6.08 Å². The number of hydrogen-bond donors (Lipinski definition) is 4. The van der Waals surface area contributed by atoms with Crippen LogP contribution in [-0.2, 0) is 4.79 Å². The molecule has 0 bridgehead atoms. The summed E-state index contributed by atoms with van der Waals surface area (Å²) >= 11 is 0. The van der Waals surface area contributed by atoms with Gasteiger partial charge in [0.25, 0.3) is 0 Å². The van der Waals surface area contributed by atoms with Crippen LogP contribution < -0.4 is 5.32 Å². The second-order valence-corrected chi connectivity index (χ2v) is 20.6. The molecule has 0 fully saturated rings. The second kappa shape index (κ2) is 55.4. The average molecular weight is 917 g/mol. The summed E-state index contributed by atoms with van der Waals surface area (Å²) in [6.07, 6.45) is 71.3. The largest absolute Gasteiger partial charge is 0.394 e. The van der Waals surface area contributed by atoms with Crippen molar-refractivity contribution in [2.45, 2.75) is 347 Å². The molecule has 0 aromatic rings. The summed E-state index contributed by atoms with van der Waals surface area (Å²) in [5, 5.41) is 33.4. The molecule has 3 atom stereocenters. The van der Waals surface area contributed by atoms with Crippen LogP contribution in [-0.4, -0.2) is 46.1 Å². The number of unbranched alkanes of at least 4 members (excludes halogenated alkanes) is 45. The van der Waals surface area contributed by atoms with E-state index in [0.29, 0.717) is 6.42 Å². The third-order valence-electron chi connectivity index (χ3n) is 14.0. The lowest BCUT2D eigenvalue weighted by Gasteiger charge is -2.21. The summed E-state index contributed by atoms with van der Waals surface area (Å²) in [6.45, 7) is 4.21. The molecular weight excluding hydrogens is 799 g/mol. The number of aliphatic hydroxyl groups excluding tert-OH is 3. The molecule has 0 aromatic carbocycles. The Labute approximate surface area is 407 Å². The van der Waals surface area contributed by atoms with Gasteiger partial charge in [-0.05, 0) is 32.1 Å². The van der Waals surface area contributed by atoms with Crippen LogP contribution in [0.25, 0.3) is 0 Å². The maximum atomic E-state index is 12.6. The van der Waals surface area contributed by atoms with Crippen molar-refractivity contribution in [3.05, 3.63) is 24.3 Å². The molecule has 3 unspecified atom stereocenters. The second-order valence-electron chi connectivity index (χ2n) is 20.6. The Balaban J connectivity index is 3.54. The van der Waals surface area contributed by atoms with Gasteiger partial charge in [0.15, 0.2) is 0 Å². The highest BCUT2D eigenvalue weighted by atomic mass is 16.3. The van der Waals surface area contributed by atoms with E-state index in [-0.39, 0.29) is 6.61 Å². The first kappa shape index (κ1) is 63.8. The highest BCUT2D eigenvalue weighted by Gasteiger charge is 2.22. The Kier molecular flexibility index (Phi) is 54.4. The number of aliphatic hydroxyl groups is 3. The van der Waals surface area contributed by atoms with Crippen molar-refractivity contribution >= 4 is 5.91 Å². The molecule has 0 spiro atoms. The van der Waals surface area contributed by atoms with Crippen LogP contribution >= 0.6 is 0 Å². The summed E-state index contributed by atoms with van der Waals surface area (Å²) in [7, 11) is 0. The standard InChI is InChI=1S/C60H117NO4/c1-3-5-7-9-11-13-15-17-19-21-23-25-27-28-29-30-31-32-33-35-37-39-41-43-45-47-49-51-53-55-59(64)60(65)61-57(56-62)58(63)54-52-50-48-46-44-42-40-38-36-34-26-24-22-20-18-16-14-12-10-8-6-4-2/h44,46,52,54,57-59,62-64H,3-43,45,47-51,53,55-56H2,1-2H3,(H,61,65)/b46-44+,54-52+. The fraction of sp³-hybridized carbons (Fsp3) is 0.917. The Bertz CT molecular complexity index is 967. The van der Waals surface area contributed by atoms with Crippen LogP contribution in [0.5, 0.6) is 0 Å². The van der Waals surface area contributed by atoms with Crippen LogP contribution in [0.15, 0.2) is 24.3 Å². The number of hydrogen-bond acceptors (Lipinski definition) is 4. The van der Waals surface area contributed by atoms with Crippen LogP contribution in [0.1, 0.15) is 328 Å². The summed E-state index contributed by atoms with van der Waals surface area (Å²) in [5.41, 5.74) is 0. The molecular formula is C60H117NO4. The number of rotatable bonds is 55.